The van der Waals surface area contributed by atoms with Crippen molar-refractivity contribution >= 4 is 88.9 Å². The fourth-order valence-corrected chi connectivity index (χ4v) is 143. The summed E-state index contributed by atoms with van der Waals surface area (Å²) in [6.07, 6.45) is 12.9. The molecule has 2 atom stereocenters. The monoisotopic (exact) mass is 719 g/mol. The molecule has 1 rings (SSSR count). The van der Waals surface area contributed by atoms with E-state index < -0.39 is 42.5 Å². The van der Waals surface area contributed by atoms with Crippen molar-refractivity contribution in [3.05, 3.63) is 21.5 Å². The zero-order chi connectivity index (χ0) is 21.6. The van der Waals surface area contributed by atoms with Crippen LogP contribution in [0.15, 0.2) is 21.5 Å². The normalized spacial score (nSPS) is 18.0. The van der Waals surface area contributed by atoms with Gasteiger partial charge in [-0.3, -0.25) is 0 Å². The van der Waals surface area contributed by atoms with Crippen LogP contribution in [0.4, 0.5) is 0 Å². The first kappa shape index (κ1) is 35.7. The van der Waals surface area contributed by atoms with Crippen LogP contribution in [0.3, 0.4) is 0 Å². The van der Waals surface area contributed by atoms with Gasteiger partial charge in [0.05, 0.1) is 0 Å². The van der Waals surface area contributed by atoms with Gasteiger partial charge in [0, 0.05) is 0 Å². The van der Waals surface area contributed by atoms with Crippen molar-refractivity contribution in [1.29, 1.82) is 0 Å². The Balaban J connectivity index is 0. The van der Waals surface area contributed by atoms with Crippen LogP contribution in [-0.4, -0.2) is 22.4 Å². The van der Waals surface area contributed by atoms with E-state index in [9.17, 15) is 0 Å². The Hall–Kier alpha value is 3.55. The van der Waals surface area contributed by atoms with Gasteiger partial charge in [-0.1, -0.05) is 0 Å². The molecule has 2 unspecified atom stereocenters. The van der Waals surface area contributed by atoms with Crippen LogP contribution >= 0.6 is 66.5 Å². The zero-order valence-corrected chi connectivity index (χ0v) is 30.6. The van der Waals surface area contributed by atoms with Crippen LogP contribution in [-0.2, 0) is 20.1 Å². The summed E-state index contributed by atoms with van der Waals surface area (Å²) in [5.41, 5.74) is 1.79. The molecule has 0 spiro atoms. The molecule has 0 saturated heterocycles. The molecule has 1 aliphatic rings. The van der Waals surface area contributed by atoms with E-state index in [0.717, 1.165) is 17.8 Å². The van der Waals surface area contributed by atoms with Crippen molar-refractivity contribution in [2.45, 2.75) is 82.5 Å². The van der Waals surface area contributed by atoms with E-state index in [4.69, 9.17) is 66.5 Å². The van der Waals surface area contributed by atoms with Crippen LogP contribution in [0.1, 0.15) is 46.0 Å². The van der Waals surface area contributed by atoms with Gasteiger partial charge in [0.15, 0.2) is 0 Å². The second kappa shape index (κ2) is 15.6. The van der Waals surface area contributed by atoms with Crippen LogP contribution in [0.25, 0.3) is 0 Å². The van der Waals surface area contributed by atoms with Crippen molar-refractivity contribution in [1.82, 2.24) is 0 Å². The van der Waals surface area contributed by atoms with E-state index >= 15 is 0 Å². The van der Waals surface area contributed by atoms with E-state index in [1.54, 1.807) is 3.28 Å². The van der Waals surface area contributed by atoms with Gasteiger partial charge in [-0.15, -0.1) is 0 Å². The molecular formula is C17H33Cl8Si4Zr. The Kier molecular flexibility index (Phi) is 18.6. The third kappa shape index (κ3) is 12.5. The molecule has 0 fully saturated rings. The Morgan fingerprint density at radius 1 is 0.800 bits per heavy atom. The number of halogens is 8. The molecule has 0 radical (unpaired) electrons. The third-order valence-electron chi connectivity index (χ3n) is 5.64. The van der Waals surface area contributed by atoms with E-state index in [0.29, 0.717) is 0 Å². The summed E-state index contributed by atoms with van der Waals surface area (Å²) in [7, 11) is 0. The molecule has 0 aromatic rings. The van der Waals surface area contributed by atoms with Gasteiger partial charge in [0.1, 0.15) is 0 Å². The number of rotatable bonds is 13. The summed E-state index contributed by atoms with van der Waals surface area (Å²) < 4.78 is 1.73. The van der Waals surface area contributed by atoms with Gasteiger partial charge in [0.25, 0.3) is 0 Å². The topological polar surface area (TPSA) is 0 Å². The quantitative estimate of drug-likeness (QED) is 0.202. The minimum absolute atomic E-state index is 0. The van der Waals surface area contributed by atoms with Crippen LogP contribution < -0.4 is 24.8 Å². The fraction of sp³-hybridized carbons (Fsp3) is 0.765. The first-order chi connectivity index (χ1) is 12.8. The largest absolute Gasteiger partial charge is 1.00 e. The number of allylic oxidation sites excluding steroid dienone is 4. The van der Waals surface area contributed by atoms with Gasteiger partial charge in [-0.2, -0.15) is 0 Å². The molecule has 0 saturated carbocycles. The van der Waals surface area contributed by atoms with Crippen molar-refractivity contribution < 1.29 is 44.9 Å². The molecule has 0 aromatic heterocycles. The Morgan fingerprint density at radius 2 is 1.20 bits per heavy atom. The molecule has 0 heterocycles. The second-order valence-corrected chi connectivity index (χ2v) is 66.3. The average Bonchev–Trinajstić information content (AvgIpc) is 3.01. The maximum absolute atomic E-state index is 6.58. The number of hydrogen-bond acceptors (Lipinski definition) is 0. The minimum Gasteiger partial charge on any atom is -1.00 e. The summed E-state index contributed by atoms with van der Waals surface area (Å²) in [6.45, 7) is 9.68. The summed E-state index contributed by atoms with van der Waals surface area (Å²) in [5, 5.41) is -3.45. The maximum Gasteiger partial charge on any atom is -1.00 e. The Bertz CT molecular complexity index is 533. The van der Waals surface area contributed by atoms with Crippen molar-refractivity contribution in [2.24, 2.45) is 0 Å². The molecule has 177 valence electrons. The Morgan fingerprint density at radius 3 is 1.47 bits per heavy atom. The van der Waals surface area contributed by atoms with E-state index in [1.807, 2.05) is 0 Å². The number of hydrogen-bond donors (Lipinski definition) is 0. The van der Waals surface area contributed by atoms with Gasteiger partial charge in [0.2, 0.25) is 0 Å². The van der Waals surface area contributed by atoms with Gasteiger partial charge >= 0.3 is 213 Å². The smallest absolute Gasteiger partial charge is 1.00 e. The van der Waals surface area contributed by atoms with E-state index in [2.05, 4.69) is 45.2 Å². The van der Waals surface area contributed by atoms with Gasteiger partial charge < -0.3 is 24.8 Å². The fourth-order valence-electron chi connectivity index (χ4n) is 4.76. The molecule has 13 heteroatoms. The predicted molar refractivity (Wildman–Crippen MR) is 141 cm³/mol. The first-order valence-corrected chi connectivity index (χ1v) is 35.1. The molecule has 30 heavy (non-hydrogen) atoms. The third-order valence-corrected chi connectivity index (χ3v) is 84.7. The molecule has 1 aliphatic carbocycles. The summed E-state index contributed by atoms with van der Waals surface area (Å²) >= 11 is 37.3. The van der Waals surface area contributed by atoms with Crippen LogP contribution in [0.5, 0.6) is 0 Å². The zero-order valence-electron chi connectivity index (χ0n) is 18.1. The van der Waals surface area contributed by atoms with Gasteiger partial charge in [-0.25, -0.2) is 0 Å². The van der Waals surface area contributed by atoms with E-state index in [-0.39, 0.29) is 24.8 Å². The van der Waals surface area contributed by atoms with E-state index in [1.165, 1.54) is 37.8 Å². The first-order valence-electron chi connectivity index (χ1n) is 10.1. The van der Waals surface area contributed by atoms with Crippen molar-refractivity contribution in [2.75, 3.05) is 0 Å². The van der Waals surface area contributed by atoms with Crippen LogP contribution in [0.2, 0.25) is 36.5 Å². The Labute approximate surface area is 234 Å². The number of unbranched alkanes of at least 4 members (excludes halogenated alkanes) is 2. The standard InChI is InChI=1S/2C6H14Cl3Si2.C5H5.2ClH.Zr/c2*1-3-4-5-10(2)6-11(7,8)9;1-2-4-5-3-1;;;/h2*3-6H2,1-2H3;1-3H,4H2;2*1H;/q;;;;;+2/p-2. The van der Waals surface area contributed by atoms with Crippen molar-refractivity contribution in [3.8, 4) is 0 Å². The molecule has 0 nitrogen and oxygen atoms in total. The molecular weight excluding hydrogens is 691 g/mol. The van der Waals surface area contributed by atoms with Gasteiger partial charge in [-0.05, 0) is 0 Å². The average molecular weight is 725 g/mol. The second-order valence-electron chi connectivity index (χ2n) is 8.61. The minimum atomic E-state index is -2.71. The molecule has 0 bridgehead atoms. The predicted octanol–water partition coefficient (Wildman–Crippen LogP) is 3.60. The molecule has 0 aliphatic heterocycles. The summed E-state index contributed by atoms with van der Waals surface area (Å²) in [4.78, 5) is 0. The molecule has 0 amide bonds. The molecule has 0 aromatic carbocycles. The summed E-state index contributed by atoms with van der Waals surface area (Å²) in [6, 6.07) is -2.85. The van der Waals surface area contributed by atoms with Crippen molar-refractivity contribution in [3.63, 3.8) is 0 Å². The SMILES string of the molecule is CCCC[Si](C)(C[Si](Cl)(Cl)Cl)[Zr+2]([C]1=CC=CC1)[Si](C)(CCCC)C[Si](Cl)(Cl)Cl.[Cl-].[Cl-]. The maximum atomic E-state index is 6.58. The summed E-state index contributed by atoms with van der Waals surface area (Å²) in [5.74, 6) is 0. The molecule has 0 N–H and O–H groups in total. The van der Waals surface area contributed by atoms with Crippen LogP contribution in [0, 0.1) is 0 Å².